The Morgan fingerprint density at radius 2 is 1.85 bits per heavy atom. The molecule has 0 aliphatic carbocycles. The van der Waals surface area contributed by atoms with Crippen LogP contribution in [0.15, 0.2) is 0 Å². The lowest BCUT2D eigenvalue weighted by molar-refractivity contribution is -0.126. The molecule has 20 heavy (non-hydrogen) atoms. The number of rotatable bonds is 7. The van der Waals surface area contributed by atoms with Crippen LogP contribution in [0.25, 0.3) is 0 Å². The Kier molecular flexibility index (Phi) is 6.95. The first-order valence-electron chi connectivity index (χ1n) is 7.53. The van der Waals surface area contributed by atoms with Gasteiger partial charge in [0.15, 0.2) is 0 Å². The molecule has 0 unspecified atom stereocenters. The maximum Gasteiger partial charge on any atom is 0.223 e. The topological polar surface area (TPSA) is 66.5 Å². The molecule has 1 fully saturated rings. The number of sulfonamides is 1. The van der Waals surface area contributed by atoms with Crippen molar-refractivity contribution in [2.75, 3.05) is 25.9 Å². The molecule has 6 heteroatoms. The predicted molar refractivity (Wildman–Crippen MR) is 80.8 cm³/mol. The van der Waals surface area contributed by atoms with Crippen LogP contribution < -0.4 is 5.32 Å². The summed E-state index contributed by atoms with van der Waals surface area (Å²) in [7, 11) is -3.11. The third-order valence-electron chi connectivity index (χ3n) is 3.80. The SMILES string of the molecule is CC(C)CCCCNC(=O)C1CCN(S(C)(=O)=O)CC1. The summed E-state index contributed by atoms with van der Waals surface area (Å²) in [5, 5.41) is 2.97. The number of unbranched alkanes of at least 4 members (excludes halogenated alkanes) is 1. The van der Waals surface area contributed by atoms with E-state index in [0.717, 1.165) is 19.4 Å². The minimum atomic E-state index is -3.11. The highest BCUT2D eigenvalue weighted by atomic mass is 32.2. The summed E-state index contributed by atoms with van der Waals surface area (Å²) in [5.41, 5.74) is 0. The highest BCUT2D eigenvalue weighted by Crippen LogP contribution is 2.19. The van der Waals surface area contributed by atoms with Crippen molar-refractivity contribution in [1.82, 2.24) is 9.62 Å². The largest absolute Gasteiger partial charge is 0.356 e. The minimum Gasteiger partial charge on any atom is -0.356 e. The fraction of sp³-hybridized carbons (Fsp3) is 0.929. The summed E-state index contributed by atoms with van der Waals surface area (Å²) in [5.74, 6) is 0.770. The second-order valence-corrected chi connectivity index (χ2v) is 8.10. The fourth-order valence-corrected chi connectivity index (χ4v) is 3.36. The molecule has 1 N–H and O–H groups in total. The summed E-state index contributed by atoms with van der Waals surface area (Å²) >= 11 is 0. The van der Waals surface area contributed by atoms with Gasteiger partial charge in [0, 0.05) is 25.6 Å². The Bertz CT molecular complexity index is 399. The summed E-state index contributed by atoms with van der Waals surface area (Å²) in [6.07, 6.45) is 5.84. The van der Waals surface area contributed by atoms with Gasteiger partial charge in [0.2, 0.25) is 15.9 Å². The number of piperidine rings is 1. The Morgan fingerprint density at radius 3 is 2.35 bits per heavy atom. The van der Waals surface area contributed by atoms with E-state index in [2.05, 4.69) is 19.2 Å². The molecule has 118 valence electrons. The van der Waals surface area contributed by atoms with Gasteiger partial charge in [0.1, 0.15) is 0 Å². The number of hydrogen-bond acceptors (Lipinski definition) is 3. The molecule has 1 heterocycles. The first-order valence-corrected chi connectivity index (χ1v) is 9.38. The van der Waals surface area contributed by atoms with E-state index in [-0.39, 0.29) is 11.8 Å². The quantitative estimate of drug-likeness (QED) is 0.727. The van der Waals surface area contributed by atoms with E-state index in [4.69, 9.17) is 0 Å². The first-order chi connectivity index (χ1) is 9.30. The van der Waals surface area contributed by atoms with E-state index in [9.17, 15) is 13.2 Å². The maximum atomic E-state index is 12.0. The molecule has 1 rings (SSSR count). The van der Waals surface area contributed by atoms with Gasteiger partial charge in [0.05, 0.1) is 6.26 Å². The average molecular weight is 304 g/mol. The predicted octanol–water partition coefficient (Wildman–Crippen LogP) is 1.60. The summed E-state index contributed by atoms with van der Waals surface area (Å²) in [4.78, 5) is 12.0. The summed E-state index contributed by atoms with van der Waals surface area (Å²) in [6, 6.07) is 0. The van der Waals surface area contributed by atoms with E-state index in [1.807, 2.05) is 0 Å². The second-order valence-electron chi connectivity index (χ2n) is 6.12. The van der Waals surface area contributed by atoms with Crippen molar-refractivity contribution in [3.05, 3.63) is 0 Å². The van der Waals surface area contributed by atoms with Crippen LogP contribution in [0.2, 0.25) is 0 Å². The normalized spacial score (nSPS) is 18.4. The molecule has 0 saturated carbocycles. The van der Waals surface area contributed by atoms with Crippen LogP contribution in [0.4, 0.5) is 0 Å². The zero-order valence-corrected chi connectivity index (χ0v) is 13.7. The fourth-order valence-electron chi connectivity index (χ4n) is 2.48. The van der Waals surface area contributed by atoms with Crippen molar-refractivity contribution in [1.29, 1.82) is 0 Å². The molecule has 0 spiro atoms. The highest BCUT2D eigenvalue weighted by molar-refractivity contribution is 7.88. The Labute approximate surface area is 123 Å². The number of carbonyl (C=O) groups is 1. The molecule has 0 aromatic rings. The van der Waals surface area contributed by atoms with Crippen molar-refractivity contribution < 1.29 is 13.2 Å². The van der Waals surface area contributed by atoms with E-state index in [1.54, 1.807) is 0 Å². The average Bonchev–Trinajstić information content (AvgIpc) is 2.37. The van der Waals surface area contributed by atoms with Crippen LogP contribution in [-0.2, 0) is 14.8 Å². The van der Waals surface area contributed by atoms with Gasteiger partial charge in [-0.15, -0.1) is 0 Å². The molecular weight excluding hydrogens is 276 g/mol. The molecule has 0 atom stereocenters. The van der Waals surface area contributed by atoms with Crippen molar-refractivity contribution >= 4 is 15.9 Å². The molecule has 0 aromatic heterocycles. The van der Waals surface area contributed by atoms with Crippen LogP contribution in [-0.4, -0.2) is 44.5 Å². The molecule has 0 radical (unpaired) electrons. The van der Waals surface area contributed by atoms with Crippen molar-refractivity contribution in [3.63, 3.8) is 0 Å². The van der Waals surface area contributed by atoms with Crippen LogP contribution in [0.5, 0.6) is 0 Å². The standard InChI is InChI=1S/C14H28N2O3S/c1-12(2)6-4-5-9-15-14(17)13-7-10-16(11-8-13)20(3,18)19/h12-13H,4-11H2,1-3H3,(H,15,17). The molecule has 0 aromatic carbocycles. The third kappa shape index (κ3) is 6.22. The van der Waals surface area contributed by atoms with E-state index in [1.165, 1.54) is 17.0 Å². The van der Waals surface area contributed by atoms with Crippen LogP contribution in [0.1, 0.15) is 46.0 Å². The second kappa shape index (κ2) is 7.98. The molecular formula is C14H28N2O3S. The van der Waals surface area contributed by atoms with Crippen LogP contribution in [0, 0.1) is 11.8 Å². The lowest BCUT2D eigenvalue weighted by Crippen LogP contribution is -2.42. The van der Waals surface area contributed by atoms with Crippen molar-refractivity contribution in [2.45, 2.75) is 46.0 Å². The van der Waals surface area contributed by atoms with Gasteiger partial charge in [-0.3, -0.25) is 4.79 Å². The monoisotopic (exact) mass is 304 g/mol. The number of hydrogen-bond donors (Lipinski definition) is 1. The Morgan fingerprint density at radius 1 is 1.25 bits per heavy atom. The molecule has 5 nitrogen and oxygen atoms in total. The molecule has 1 aliphatic heterocycles. The lowest BCUT2D eigenvalue weighted by atomic mass is 9.97. The number of amides is 1. The maximum absolute atomic E-state index is 12.0. The van der Waals surface area contributed by atoms with E-state index in [0.29, 0.717) is 31.8 Å². The number of nitrogens with zero attached hydrogens (tertiary/aromatic N) is 1. The zero-order chi connectivity index (χ0) is 15.2. The van der Waals surface area contributed by atoms with E-state index < -0.39 is 10.0 Å². The van der Waals surface area contributed by atoms with Gasteiger partial charge in [-0.25, -0.2) is 12.7 Å². The van der Waals surface area contributed by atoms with Gasteiger partial charge in [-0.05, 0) is 25.2 Å². The molecule has 1 saturated heterocycles. The number of carbonyl (C=O) groups excluding carboxylic acids is 1. The van der Waals surface area contributed by atoms with Gasteiger partial charge >= 0.3 is 0 Å². The van der Waals surface area contributed by atoms with Gasteiger partial charge in [-0.1, -0.05) is 26.7 Å². The van der Waals surface area contributed by atoms with E-state index >= 15 is 0 Å². The van der Waals surface area contributed by atoms with Crippen molar-refractivity contribution in [2.24, 2.45) is 11.8 Å². The molecule has 1 amide bonds. The third-order valence-corrected chi connectivity index (χ3v) is 5.10. The molecule has 1 aliphatic rings. The lowest BCUT2D eigenvalue weighted by Gasteiger charge is -2.29. The van der Waals surface area contributed by atoms with Gasteiger partial charge in [-0.2, -0.15) is 0 Å². The van der Waals surface area contributed by atoms with Crippen molar-refractivity contribution in [3.8, 4) is 0 Å². The smallest absolute Gasteiger partial charge is 0.223 e. The Hall–Kier alpha value is -0.620. The summed E-state index contributed by atoms with van der Waals surface area (Å²) < 4.78 is 24.2. The first kappa shape index (κ1) is 17.4. The zero-order valence-electron chi connectivity index (χ0n) is 12.9. The summed E-state index contributed by atoms with van der Waals surface area (Å²) in [6.45, 7) is 6.06. The van der Waals surface area contributed by atoms with Crippen LogP contribution in [0.3, 0.4) is 0 Å². The highest BCUT2D eigenvalue weighted by Gasteiger charge is 2.28. The number of nitrogens with one attached hydrogen (secondary N) is 1. The van der Waals surface area contributed by atoms with Crippen LogP contribution >= 0.6 is 0 Å². The Balaban J connectivity index is 2.19. The van der Waals surface area contributed by atoms with Gasteiger partial charge in [0.25, 0.3) is 0 Å². The minimum absolute atomic E-state index is 0.0295. The molecule has 0 bridgehead atoms. The van der Waals surface area contributed by atoms with Gasteiger partial charge < -0.3 is 5.32 Å².